The molecule has 0 unspecified atom stereocenters. The molecule has 0 bridgehead atoms. The molecule has 0 aliphatic heterocycles. The average Bonchev–Trinajstić information content (AvgIpc) is 2.39. The van der Waals surface area contributed by atoms with Crippen LogP contribution in [0.5, 0.6) is 0 Å². The highest BCUT2D eigenvalue weighted by Gasteiger charge is 2.16. The highest BCUT2D eigenvalue weighted by molar-refractivity contribution is 6.13. The van der Waals surface area contributed by atoms with Gasteiger partial charge in [-0.05, 0) is 6.07 Å². The Morgan fingerprint density at radius 1 is 1.00 bits per heavy atom. The zero-order valence-electron chi connectivity index (χ0n) is 8.96. The Morgan fingerprint density at radius 3 is 2.24 bits per heavy atom. The fourth-order valence-electron chi connectivity index (χ4n) is 1.60. The molecular weight excluding hydrogens is 216 g/mol. The van der Waals surface area contributed by atoms with E-state index < -0.39 is 4.92 Å². The van der Waals surface area contributed by atoms with Crippen LogP contribution in [-0.2, 0) is 0 Å². The number of nitro benzene ring substituents is 1. The van der Waals surface area contributed by atoms with Gasteiger partial charge in [0.1, 0.15) is 0 Å². The summed E-state index contributed by atoms with van der Waals surface area (Å²) in [6, 6.07) is 15.3. The number of benzene rings is 2. The van der Waals surface area contributed by atoms with Crippen LogP contribution in [-0.4, -0.2) is 10.6 Å². The molecule has 4 heteroatoms. The van der Waals surface area contributed by atoms with Gasteiger partial charge >= 0.3 is 0 Å². The minimum absolute atomic E-state index is 0.0404. The molecule has 0 atom stereocenters. The normalized spacial score (nSPS) is 9.88. The van der Waals surface area contributed by atoms with E-state index in [4.69, 9.17) is 5.41 Å². The van der Waals surface area contributed by atoms with Gasteiger partial charge in [0.05, 0.1) is 16.2 Å². The zero-order valence-corrected chi connectivity index (χ0v) is 8.96. The van der Waals surface area contributed by atoms with Gasteiger partial charge in [-0.15, -0.1) is 0 Å². The molecule has 0 radical (unpaired) electrons. The summed E-state index contributed by atoms with van der Waals surface area (Å²) in [6.07, 6.45) is 0. The van der Waals surface area contributed by atoms with Gasteiger partial charge in [-0.2, -0.15) is 0 Å². The fraction of sp³-hybridized carbons (Fsp3) is 0. The number of para-hydroxylation sites is 1. The topological polar surface area (TPSA) is 67.0 Å². The Labute approximate surface area is 98.2 Å². The van der Waals surface area contributed by atoms with E-state index in [1.165, 1.54) is 6.07 Å². The molecule has 4 nitrogen and oxygen atoms in total. The highest BCUT2D eigenvalue weighted by atomic mass is 16.6. The van der Waals surface area contributed by atoms with Gasteiger partial charge in [-0.25, -0.2) is 0 Å². The molecular formula is C13H10N2O2. The molecule has 0 fully saturated rings. The van der Waals surface area contributed by atoms with Crippen molar-refractivity contribution in [3.63, 3.8) is 0 Å². The molecule has 0 aliphatic carbocycles. The molecule has 0 amide bonds. The number of nitro groups is 1. The van der Waals surface area contributed by atoms with Crippen molar-refractivity contribution in [2.75, 3.05) is 0 Å². The molecule has 0 aromatic heterocycles. The third-order valence-electron chi connectivity index (χ3n) is 2.43. The van der Waals surface area contributed by atoms with Crippen molar-refractivity contribution in [2.45, 2.75) is 0 Å². The van der Waals surface area contributed by atoms with Gasteiger partial charge in [-0.1, -0.05) is 42.5 Å². The molecule has 2 aromatic rings. The molecule has 0 spiro atoms. The maximum Gasteiger partial charge on any atom is 0.278 e. The Morgan fingerprint density at radius 2 is 1.59 bits per heavy atom. The number of hydrogen-bond acceptors (Lipinski definition) is 3. The van der Waals surface area contributed by atoms with Gasteiger partial charge in [0.25, 0.3) is 5.69 Å². The van der Waals surface area contributed by atoms with Crippen molar-refractivity contribution >= 4 is 11.4 Å². The van der Waals surface area contributed by atoms with Crippen LogP contribution in [0.15, 0.2) is 54.6 Å². The smallest absolute Gasteiger partial charge is 0.278 e. The molecule has 0 saturated heterocycles. The predicted octanol–water partition coefficient (Wildman–Crippen LogP) is 3.01. The minimum atomic E-state index is -0.465. The van der Waals surface area contributed by atoms with Crippen molar-refractivity contribution in [1.82, 2.24) is 0 Å². The van der Waals surface area contributed by atoms with Crippen molar-refractivity contribution in [3.05, 3.63) is 75.8 Å². The SMILES string of the molecule is N=C(c1ccccc1)c1ccccc1[N+](=O)[O-]. The lowest BCUT2D eigenvalue weighted by Gasteiger charge is -2.04. The van der Waals surface area contributed by atoms with Crippen LogP contribution in [0.2, 0.25) is 0 Å². The van der Waals surface area contributed by atoms with Crippen LogP contribution in [0.3, 0.4) is 0 Å². The van der Waals surface area contributed by atoms with Crippen LogP contribution < -0.4 is 0 Å². The molecule has 0 saturated carbocycles. The van der Waals surface area contributed by atoms with Crippen LogP contribution in [0.1, 0.15) is 11.1 Å². The number of nitrogens with zero attached hydrogens (tertiary/aromatic N) is 1. The summed E-state index contributed by atoms with van der Waals surface area (Å²) in [7, 11) is 0. The van der Waals surface area contributed by atoms with E-state index in [0.717, 1.165) is 0 Å². The van der Waals surface area contributed by atoms with E-state index in [1.54, 1.807) is 42.5 Å². The van der Waals surface area contributed by atoms with Gasteiger partial charge in [0.2, 0.25) is 0 Å². The van der Waals surface area contributed by atoms with Crippen molar-refractivity contribution < 1.29 is 4.92 Å². The van der Waals surface area contributed by atoms with E-state index in [-0.39, 0.29) is 11.4 Å². The van der Waals surface area contributed by atoms with Crippen LogP contribution in [0.4, 0.5) is 5.69 Å². The predicted molar refractivity (Wildman–Crippen MR) is 65.5 cm³/mol. The summed E-state index contributed by atoms with van der Waals surface area (Å²) in [4.78, 5) is 10.4. The van der Waals surface area contributed by atoms with Crippen molar-refractivity contribution in [2.24, 2.45) is 0 Å². The largest absolute Gasteiger partial charge is 0.299 e. The van der Waals surface area contributed by atoms with Gasteiger partial charge in [0, 0.05) is 11.6 Å². The maximum absolute atomic E-state index is 10.9. The van der Waals surface area contributed by atoms with E-state index in [0.29, 0.717) is 11.1 Å². The van der Waals surface area contributed by atoms with E-state index in [9.17, 15) is 10.1 Å². The number of nitrogens with one attached hydrogen (secondary N) is 1. The monoisotopic (exact) mass is 226 g/mol. The van der Waals surface area contributed by atoms with Crippen molar-refractivity contribution in [1.29, 1.82) is 5.41 Å². The summed E-state index contributed by atoms with van der Waals surface area (Å²) >= 11 is 0. The average molecular weight is 226 g/mol. The molecule has 17 heavy (non-hydrogen) atoms. The first-order valence-corrected chi connectivity index (χ1v) is 5.08. The van der Waals surface area contributed by atoms with E-state index >= 15 is 0 Å². The fourth-order valence-corrected chi connectivity index (χ4v) is 1.60. The lowest BCUT2D eigenvalue weighted by molar-refractivity contribution is -0.385. The van der Waals surface area contributed by atoms with E-state index in [2.05, 4.69) is 0 Å². The summed E-state index contributed by atoms with van der Waals surface area (Å²) in [5, 5.41) is 18.9. The molecule has 1 N–H and O–H groups in total. The first kappa shape index (κ1) is 11.0. The number of hydrogen-bond donors (Lipinski definition) is 1. The number of rotatable bonds is 3. The van der Waals surface area contributed by atoms with Crippen LogP contribution in [0, 0.1) is 15.5 Å². The third kappa shape index (κ3) is 2.20. The Hall–Kier alpha value is -2.49. The molecule has 2 rings (SSSR count). The molecule has 0 aliphatic rings. The second-order valence-corrected chi connectivity index (χ2v) is 3.52. The quantitative estimate of drug-likeness (QED) is 0.496. The minimum Gasteiger partial charge on any atom is -0.299 e. The zero-order chi connectivity index (χ0) is 12.3. The van der Waals surface area contributed by atoms with E-state index in [1.807, 2.05) is 6.07 Å². The highest BCUT2D eigenvalue weighted by Crippen LogP contribution is 2.20. The molecule has 84 valence electrons. The molecule has 0 heterocycles. The standard InChI is InChI=1S/C13H10N2O2/c14-13(10-6-2-1-3-7-10)11-8-4-5-9-12(11)15(16)17/h1-9,14H. The summed E-state index contributed by atoms with van der Waals surface area (Å²) in [5.74, 6) is 0. The molecule has 2 aromatic carbocycles. The Bertz CT molecular complexity index is 565. The maximum atomic E-state index is 10.9. The lowest BCUT2D eigenvalue weighted by atomic mass is 10.0. The van der Waals surface area contributed by atoms with Crippen LogP contribution >= 0.6 is 0 Å². The summed E-state index contributed by atoms with van der Waals surface area (Å²) < 4.78 is 0. The third-order valence-corrected chi connectivity index (χ3v) is 2.43. The second-order valence-electron chi connectivity index (χ2n) is 3.52. The lowest BCUT2D eigenvalue weighted by Crippen LogP contribution is -2.04. The van der Waals surface area contributed by atoms with Gasteiger partial charge < -0.3 is 0 Å². The van der Waals surface area contributed by atoms with Crippen LogP contribution in [0.25, 0.3) is 0 Å². The first-order valence-electron chi connectivity index (χ1n) is 5.08. The second kappa shape index (κ2) is 4.57. The first-order chi connectivity index (χ1) is 8.20. The summed E-state index contributed by atoms with van der Waals surface area (Å²) in [6.45, 7) is 0. The van der Waals surface area contributed by atoms with Gasteiger partial charge in [0.15, 0.2) is 0 Å². The van der Waals surface area contributed by atoms with Crippen molar-refractivity contribution in [3.8, 4) is 0 Å². The Kier molecular flexibility index (Phi) is 2.96. The summed E-state index contributed by atoms with van der Waals surface area (Å²) in [5.41, 5.74) is 1.13. The van der Waals surface area contributed by atoms with Gasteiger partial charge in [-0.3, -0.25) is 15.5 Å². The Balaban J connectivity index is 2.48.